The highest BCUT2D eigenvalue weighted by Gasteiger charge is 2.40. The number of hydrogen-bond donors (Lipinski definition) is 1. The van der Waals surface area contributed by atoms with E-state index in [0.717, 1.165) is 31.7 Å². The number of nitrogens with one attached hydrogen (secondary N) is 1. The lowest BCUT2D eigenvalue weighted by atomic mass is 10.0. The Bertz CT molecular complexity index is 451. The average molecular weight is 242 g/mol. The molecule has 1 atom stereocenters. The lowest BCUT2D eigenvalue weighted by molar-refractivity contribution is -0.0698. The fraction of sp³-hybridized carbons (Fsp3) is 0.357. The summed E-state index contributed by atoms with van der Waals surface area (Å²) in [5.41, 5.74) is 0.530. The van der Waals surface area contributed by atoms with Gasteiger partial charge in [-0.2, -0.15) is 0 Å². The number of piperazine rings is 1. The molecule has 1 unspecified atom stereocenters. The Balaban J connectivity index is 1.98. The molecule has 0 spiro atoms. The van der Waals surface area contributed by atoms with Crippen LogP contribution in [-0.2, 0) is 10.5 Å². The molecule has 1 fully saturated rings. The van der Waals surface area contributed by atoms with Crippen LogP contribution in [0.25, 0.3) is 0 Å². The number of benzene rings is 1. The lowest BCUT2D eigenvalue weighted by Gasteiger charge is -2.43. The van der Waals surface area contributed by atoms with Crippen LogP contribution < -0.4 is 5.32 Å². The van der Waals surface area contributed by atoms with E-state index in [-0.39, 0.29) is 0 Å². The van der Waals surface area contributed by atoms with Gasteiger partial charge in [0.05, 0.1) is 12.4 Å². The van der Waals surface area contributed by atoms with Gasteiger partial charge in [-0.25, -0.2) is 0 Å². The number of ether oxygens (including phenoxy) is 1. The molecule has 0 bridgehead atoms. The molecule has 0 saturated carbocycles. The van der Waals surface area contributed by atoms with Crippen LogP contribution in [0.15, 0.2) is 41.7 Å². The van der Waals surface area contributed by atoms with E-state index in [1.165, 1.54) is 0 Å². The van der Waals surface area contributed by atoms with Crippen LogP contribution in [0.2, 0.25) is 0 Å². The van der Waals surface area contributed by atoms with Crippen molar-refractivity contribution < 1.29 is 4.74 Å². The van der Waals surface area contributed by atoms with Crippen LogP contribution in [0, 0.1) is 6.07 Å². The van der Waals surface area contributed by atoms with Crippen molar-refractivity contribution in [1.82, 2.24) is 10.2 Å². The summed E-state index contributed by atoms with van der Waals surface area (Å²) >= 11 is 0. The van der Waals surface area contributed by atoms with Crippen LogP contribution in [-0.4, -0.2) is 37.3 Å². The van der Waals surface area contributed by atoms with Crippen molar-refractivity contribution in [2.45, 2.75) is 5.72 Å². The van der Waals surface area contributed by atoms with Crippen molar-refractivity contribution in [3.63, 3.8) is 0 Å². The smallest absolute Gasteiger partial charge is 0.225 e. The SMILES string of the molecule is [c]1ccc(C2(N3CCNCC3)C=NC=CO2)cc1. The summed E-state index contributed by atoms with van der Waals surface area (Å²) in [6.45, 7) is 3.83. The fourth-order valence-electron chi connectivity index (χ4n) is 2.45. The summed E-state index contributed by atoms with van der Waals surface area (Å²) in [5.74, 6) is 0. The maximum atomic E-state index is 5.95. The van der Waals surface area contributed by atoms with Gasteiger partial charge in [-0.3, -0.25) is 9.89 Å². The molecule has 2 aliphatic heterocycles. The minimum atomic E-state index is -0.564. The normalized spacial score (nSPS) is 28.0. The number of hydrogen-bond acceptors (Lipinski definition) is 4. The van der Waals surface area contributed by atoms with Crippen molar-refractivity contribution in [1.29, 1.82) is 0 Å². The van der Waals surface area contributed by atoms with E-state index < -0.39 is 5.72 Å². The van der Waals surface area contributed by atoms with Gasteiger partial charge in [0.1, 0.15) is 6.26 Å². The summed E-state index contributed by atoms with van der Waals surface area (Å²) in [4.78, 5) is 6.59. The summed E-state index contributed by atoms with van der Waals surface area (Å²) in [7, 11) is 0. The zero-order valence-electron chi connectivity index (χ0n) is 10.2. The summed E-state index contributed by atoms with van der Waals surface area (Å²) in [6.07, 6.45) is 5.22. The van der Waals surface area contributed by atoms with Gasteiger partial charge in [0.2, 0.25) is 5.72 Å². The first kappa shape index (κ1) is 11.4. The van der Waals surface area contributed by atoms with Crippen molar-refractivity contribution in [3.8, 4) is 0 Å². The molecule has 1 aromatic carbocycles. The molecule has 93 valence electrons. The zero-order chi connectivity index (χ0) is 12.3. The maximum Gasteiger partial charge on any atom is 0.225 e. The summed E-state index contributed by atoms with van der Waals surface area (Å²) < 4.78 is 5.95. The molecule has 1 saturated heterocycles. The van der Waals surface area contributed by atoms with Crippen LogP contribution in [0.4, 0.5) is 0 Å². The molecular weight excluding hydrogens is 226 g/mol. The average Bonchev–Trinajstić information content (AvgIpc) is 2.50. The maximum absolute atomic E-state index is 5.95. The van der Waals surface area contributed by atoms with Gasteiger partial charge in [0, 0.05) is 31.7 Å². The monoisotopic (exact) mass is 242 g/mol. The minimum absolute atomic E-state index is 0.564. The quantitative estimate of drug-likeness (QED) is 0.844. The molecule has 1 aromatic rings. The minimum Gasteiger partial charge on any atom is -0.469 e. The van der Waals surface area contributed by atoms with E-state index in [1.807, 2.05) is 30.5 Å². The third-order valence-electron chi connectivity index (χ3n) is 3.36. The van der Waals surface area contributed by atoms with E-state index in [2.05, 4.69) is 21.3 Å². The van der Waals surface area contributed by atoms with Crippen LogP contribution >= 0.6 is 0 Å². The summed E-state index contributed by atoms with van der Waals surface area (Å²) in [5, 5.41) is 3.36. The van der Waals surface area contributed by atoms with Gasteiger partial charge in [0.25, 0.3) is 0 Å². The van der Waals surface area contributed by atoms with Gasteiger partial charge in [-0.1, -0.05) is 24.3 Å². The lowest BCUT2D eigenvalue weighted by Crippen LogP contribution is -2.56. The first-order chi connectivity index (χ1) is 8.92. The summed E-state index contributed by atoms with van der Waals surface area (Å²) in [6, 6.07) is 10.9. The molecule has 4 heteroatoms. The Morgan fingerprint density at radius 2 is 2.06 bits per heavy atom. The fourth-order valence-corrected chi connectivity index (χ4v) is 2.45. The largest absolute Gasteiger partial charge is 0.469 e. The van der Waals surface area contributed by atoms with Gasteiger partial charge in [-0.15, -0.1) is 0 Å². The Kier molecular flexibility index (Phi) is 3.13. The van der Waals surface area contributed by atoms with Gasteiger partial charge in [0.15, 0.2) is 0 Å². The molecule has 3 rings (SSSR count). The third-order valence-corrected chi connectivity index (χ3v) is 3.36. The molecule has 0 aromatic heterocycles. The first-order valence-electron chi connectivity index (χ1n) is 6.21. The molecule has 0 amide bonds. The highest BCUT2D eigenvalue weighted by atomic mass is 16.5. The van der Waals surface area contributed by atoms with Gasteiger partial charge < -0.3 is 10.1 Å². The molecule has 0 aliphatic carbocycles. The van der Waals surface area contributed by atoms with Crippen LogP contribution in [0.3, 0.4) is 0 Å². The van der Waals surface area contributed by atoms with Crippen LogP contribution in [0.5, 0.6) is 0 Å². The molecule has 1 N–H and O–H groups in total. The zero-order valence-corrected chi connectivity index (χ0v) is 10.2. The number of aliphatic imine (C=N–C) groups is 1. The van der Waals surface area contributed by atoms with Crippen molar-refractivity contribution in [2.75, 3.05) is 26.2 Å². The topological polar surface area (TPSA) is 36.9 Å². The highest BCUT2D eigenvalue weighted by Crippen LogP contribution is 2.30. The molecule has 2 aliphatic rings. The van der Waals surface area contributed by atoms with Crippen molar-refractivity contribution >= 4 is 6.21 Å². The Labute approximate surface area is 107 Å². The predicted octanol–water partition coefficient (Wildman–Crippen LogP) is 1.12. The number of nitrogens with zero attached hydrogens (tertiary/aromatic N) is 2. The van der Waals surface area contributed by atoms with E-state index in [9.17, 15) is 0 Å². The van der Waals surface area contributed by atoms with Crippen LogP contribution in [0.1, 0.15) is 5.56 Å². The number of rotatable bonds is 2. The van der Waals surface area contributed by atoms with E-state index in [1.54, 1.807) is 12.5 Å². The van der Waals surface area contributed by atoms with Gasteiger partial charge >= 0.3 is 0 Å². The molecule has 1 radical (unpaired) electrons. The second-order valence-corrected chi connectivity index (χ2v) is 4.40. The Morgan fingerprint density at radius 1 is 1.28 bits per heavy atom. The van der Waals surface area contributed by atoms with Gasteiger partial charge in [-0.05, 0) is 6.07 Å². The highest BCUT2D eigenvalue weighted by molar-refractivity contribution is 5.72. The van der Waals surface area contributed by atoms with Crippen molar-refractivity contribution in [2.24, 2.45) is 4.99 Å². The molecular formula is C14H16N3O. The standard InChI is InChI=1S/C14H16N3O/c1-2-4-13(5-3-1)14(12-16-8-11-18-14)17-9-6-15-7-10-17/h2-5,8,11-12,15H,6-7,9-10H2. The first-order valence-corrected chi connectivity index (χ1v) is 6.21. The second-order valence-electron chi connectivity index (χ2n) is 4.40. The van der Waals surface area contributed by atoms with Crippen molar-refractivity contribution in [3.05, 3.63) is 48.4 Å². The predicted molar refractivity (Wildman–Crippen MR) is 70.1 cm³/mol. The van der Waals surface area contributed by atoms with E-state index >= 15 is 0 Å². The second kappa shape index (κ2) is 4.92. The molecule has 18 heavy (non-hydrogen) atoms. The van der Waals surface area contributed by atoms with E-state index in [0.29, 0.717) is 0 Å². The Morgan fingerprint density at radius 3 is 2.72 bits per heavy atom. The third kappa shape index (κ3) is 1.94. The molecule has 2 heterocycles. The molecule has 4 nitrogen and oxygen atoms in total. The Hall–Kier alpha value is -1.65. The van der Waals surface area contributed by atoms with E-state index in [4.69, 9.17) is 4.74 Å².